The summed E-state index contributed by atoms with van der Waals surface area (Å²) in [5.74, 6) is -0.593. The number of carbonyl (C=O) groups excluding carboxylic acids is 2. The van der Waals surface area contributed by atoms with E-state index in [4.69, 9.17) is 4.74 Å². The van der Waals surface area contributed by atoms with Gasteiger partial charge in [0.2, 0.25) is 0 Å². The lowest BCUT2D eigenvalue weighted by atomic mass is 9.97. The summed E-state index contributed by atoms with van der Waals surface area (Å²) in [4.78, 5) is 23.8. The van der Waals surface area contributed by atoms with E-state index in [2.05, 4.69) is 16.6 Å². The summed E-state index contributed by atoms with van der Waals surface area (Å²) in [6.07, 6.45) is -1.33. The van der Waals surface area contributed by atoms with E-state index in [1.807, 2.05) is 60.7 Å². The third-order valence-electron chi connectivity index (χ3n) is 4.21. The highest BCUT2D eigenvalue weighted by molar-refractivity contribution is 5.87. The van der Waals surface area contributed by atoms with Gasteiger partial charge in [0.05, 0.1) is 19.3 Å². The largest absolute Gasteiger partial charge is 0.466 e. The Kier molecular flexibility index (Phi) is 8.24. The molecule has 0 aliphatic carbocycles. The Balaban J connectivity index is 2.01. The molecule has 0 aliphatic rings. The van der Waals surface area contributed by atoms with Crippen LogP contribution in [0.5, 0.6) is 0 Å². The molecule has 0 aliphatic heterocycles. The molecule has 6 heteroatoms. The SMILES string of the molecule is C=C(C[C@H](O)[C@H](Cc1ccccc1)NC(=O)OCc1ccccc1)C(=O)OC. The number of alkyl carbamates (subject to hydrolysis) is 1. The first kappa shape index (κ1) is 21.2. The summed E-state index contributed by atoms with van der Waals surface area (Å²) < 4.78 is 9.86. The van der Waals surface area contributed by atoms with E-state index in [-0.39, 0.29) is 18.6 Å². The van der Waals surface area contributed by atoms with Crippen LogP contribution in [0.1, 0.15) is 17.5 Å². The number of methoxy groups -OCH3 is 1. The minimum Gasteiger partial charge on any atom is -0.466 e. The van der Waals surface area contributed by atoms with Gasteiger partial charge in [-0.3, -0.25) is 0 Å². The summed E-state index contributed by atoms with van der Waals surface area (Å²) in [7, 11) is 1.25. The molecule has 0 spiro atoms. The standard InChI is InChI=1S/C22H25NO5/c1-16(21(25)27-2)13-20(24)19(14-17-9-5-3-6-10-17)23-22(26)28-15-18-11-7-4-8-12-18/h3-12,19-20,24H,1,13-15H2,2H3,(H,23,26)/t19-,20-/m0/s1. The van der Waals surface area contributed by atoms with E-state index in [0.29, 0.717) is 6.42 Å². The van der Waals surface area contributed by atoms with E-state index >= 15 is 0 Å². The van der Waals surface area contributed by atoms with Crippen molar-refractivity contribution >= 4 is 12.1 Å². The summed E-state index contributed by atoms with van der Waals surface area (Å²) in [5.41, 5.74) is 1.92. The molecule has 0 bridgehead atoms. The molecule has 2 aromatic carbocycles. The maximum absolute atomic E-state index is 12.2. The highest BCUT2D eigenvalue weighted by Gasteiger charge is 2.25. The van der Waals surface area contributed by atoms with Crippen molar-refractivity contribution in [1.82, 2.24) is 5.32 Å². The maximum atomic E-state index is 12.2. The van der Waals surface area contributed by atoms with Crippen molar-refractivity contribution in [3.05, 3.63) is 83.9 Å². The number of esters is 1. The Bertz CT molecular complexity index is 776. The monoisotopic (exact) mass is 383 g/mol. The zero-order valence-corrected chi connectivity index (χ0v) is 15.8. The lowest BCUT2D eigenvalue weighted by Gasteiger charge is -2.24. The van der Waals surface area contributed by atoms with Crippen molar-refractivity contribution in [1.29, 1.82) is 0 Å². The minimum absolute atomic E-state index is 0.0247. The van der Waals surface area contributed by atoms with Crippen LogP contribution in [0.3, 0.4) is 0 Å². The number of benzene rings is 2. The lowest BCUT2D eigenvalue weighted by molar-refractivity contribution is -0.136. The quantitative estimate of drug-likeness (QED) is 0.514. The van der Waals surface area contributed by atoms with Gasteiger partial charge in [0, 0.05) is 12.0 Å². The molecule has 0 radical (unpaired) electrons. The molecule has 148 valence electrons. The summed E-state index contributed by atoms with van der Waals surface area (Å²) >= 11 is 0. The normalized spacial score (nSPS) is 12.5. The second-order valence-corrected chi connectivity index (χ2v) is 6.37. The zero-order chi connectivity index (χ0) is 20.4. The molecule has 1 amide bonds. The molecule has 2 atom stereocenters. The minimum atomic E-state index is -1.03. The van der Waals surface area contributed by atoms with E-state index in [1.165, 1.54) is 7.11 Å². The van der Waals surface area contributed by atoms with Crippen LogP contribution < -0.4 is 5.32 Å². The Morgan fingerprint density at radius 3 is 2.18 bits per heavy atom. The number of ether oxygens (including phenoxy) is 2. The van der Waals surface area contributed by atoms with Gasteiger partial charge in [-0.05, 0) is 17.5 Å². The number of rotatable bonds is 9. The molecule has 0 aromatic heterocycles. The molecule has 28 heavy (non-hydrogen) atoms. The predicted octanol–water partition coefficient (Wildman–Crippen LogP) is 3.00. The molecule has 2 aromatic rings. The van der Waals surface area contributed by atoms with Crippen LogP contribution in [-0.4, -0.2) is 36.4 Å². The second-order valence-electron chi connectivity index (χ2n) is 6.37. The van der Waals surface area contributed by atoms with Gasteiger partial charge in [-0.2, -0.15) is 0 Å². The number of amides is 1. The van der Waals surface area contributed by atoms with Crippen molar-refractivity contribution in [3.8, 4) is 0 Å². The van der Waals surface area contributed by atoms with E-state index in [1.54, 1.807) is 0 Å². The van der Waals surface area contributed by atoms with Gasteiger partial charge in [0.1, 0.15) is 6.61 Å². The number of carbonyl (C=O) groups is 2. The smallest absolute Gasteiger partial charge is 0.407 e. The first-order valence-corrected chi connectivity index (χ1v) is 8.95. The molecule has 2 rings (SSSR count). The fraction of sp³-hybridized carbons (Fsp3) is 0.273. The molecular formula is C22H25NO5. The van der Waals surface area contributed by atoms with Gasteiger partial charge in [0.25, 0.3) is 0 Å². The average Bonchev–Trinajstić information content (AvgIpc) is 2.72. The van der Waals surface area contributed by atoms with Crippen molar-refractivity contribution in [2.75, 3.05) is 7.11 Å². The van der Waals surface area contributed by atoms with Crippen LogP contribution >= 0.6 is 0 Å². The van der Waals surface area contributed by atoms with Gasteiger partial charge >= 0.3 is 12.1 Å². The third kappa shape index (κ3) is 6.89. The number of aliphatic hydroxyl groups excluding tert-OH is 1. The van der Waals surface area contributed by atoms with Crippen molar-refractivity contribution in [3.63, 3.8) is 0 Å². The summed E-state index contributed by atoms with van der Waals surface area (Å²) in [6.45, 7) is 3.75. The summed E-state index contributed by atoms with van der Waals surface area (Å²) in [6, 6.07) is 18.1. The van der Waals surface area contributed by atoms with E-state index < -0.39 is 24.2 Å². The number of aliphatic hydroxyl groups is 1. The fourth-order valence-electron chi connectivity index (χ4n) is 2.69. The van der Waals surface area contributed by atoms with Crippen LogP contribution in [-0.2, 0) is 27.3 Å². The van der Waals surface area contributed by atoms with Crippen molar-refractivity contribution in [2.45, 2.75) is 31.6 Å². The molecule has 6 nitrogen and oxygen atoms in total. The maximum Gasteiger partial charge on any atom is 0.407 e. The predicted molar refractivity (Wildman–Crippen MR) is 105 cm³/mol. The average molecular weight is 383 g/mol. The highest BCUT2D eigenvalue weighted by atomic mass is 16.5. The van der Waals surface area contributed by atoms with Gasteiger partial charge in [-0.1, -0.05) is 67.2 Å². The Hall–Kier alpha value is -3.12. The number of hydrogen-bond donors (Lipinski definition) is 2. The van der Waals surface area contributed by atoms with E-state index in [0.717, 1.165) is 11.1 Å². The number of hydrogen-bond acceptors (Lipinski definition) is 5. The van der Waals surface area contributed by atoms with Gasteiger partial charge in [-0.25, -0.2) is 9.59 Å². The van der Waals surface area contributed by atoms with Crippen LogP contribution in [0, 0.1) is 0 Å². The van der Waals surface area contributed by atoms with Crippen LogP contribution in [0.25, 0.3) is 0 Å². The van der Waals surface area contributed by atoms with Gasteiger partial charge in [0.15, 0.2) is 0 Å². The first-order chi connectivity index (χ1) is 13.5. The fourth-order valence-corrected chi connectivity index (χ4v) is 2.69. The molecule has 0 heterocycles. The molecule has 0 fully saturated rings. The Labute approximate surface area is 164 Å². The lowest BCUT2D eigenvalue weighted by Crippen LogP contribution is -2.45. The van der Waals surface area contributed by atoms with Crippen molar-refractivity contribution in [2.24, 2.45) is 0 Å². The Morgan fingerprint density at radius 2 is 1.61 bits per heavy atom. The van der Waals surface area contributed by atoms with Crippen LogP contribution in [0.4, 0.5) is 4.79 Å². The molecule has 0 saturated carbocycles. The van der Waals surface area contributed by atoms with Crippen LogP contribution in [0.2, 0.25) is 0 Å². The third-order valence-corrected chi connectivity index (χ3v) is 4.21. The first-order valence-electron chi connectivity index (χ1n) is 8.95. The Morgan fingerprint density at radius 1 is 1.04 bits per heavy atom. The van der Waals surface area contributed by atoms with Gasteiger partial charge < -0.3 is 19.9 Å². The molecule has 0 saturated heterocycles. The topological polar surface area (TPSA) is 84.9 Å². The second kappa shape index (κ2) is 10.9. The van der Waals surface area contributed by atoms with Gasteiger partial charge in [-0.15, -0.1) is 0 Å². The van der Waals surface area contributed by atoms with E-state index in [9.17, 15) is 14.7 Å². The van der Waals surface area contributed by atoms with Crippen LogP contribution in [0.15, 0.2) is 72.8 Å². The zero-order valence-electron chi connectivity index (χ0n) is 15.8. The van der Waals surface area contributed by atoms with Crippen molar-refractivity contribution < 1.29 is 24.2 Å². The molecule has 0 unspecified atom stereocenters. The highest BCUT2D eigenvalue weighted by Crippen LogP contribution is 2.14. The summed E-state index contributed by atoms with van der Waals surface area (Å²) in [5, 5.41) is 13.3. The number of nitrogens with one attached hydrogen (secondary N) is 1. The molecule has 2 N–H and O–H groups in total. The molecular weight excluding hydrogens is 358 g/mol.